The van der Waals surface area contributed by atoms with E-state index in [0.29, 0.717) is 0 Å². The predicted molar refractivity (Wildman–Crippen MR) is 240 cm³/mol. The van der Waals surface area contributed by atoms with E-state index in [1.54, 1.807) is 0 Å². The van der Waals surface area contributed by atoms with E-state index in [1.165, 1.54) is 20.7 Å². The summed E-state index contributed by atoms with van der Waals surface area (Å²) in [4.78, 5) is 0. The molecule has 4 rings (SSSR count). The van der Waals surface area contributed by atoms with Crippen molar-refractivity contribution in [3.63, 3.8) is 0 Å². The molecule has 0 fully saturated rings. The molecule has 0 saturated carbocycles. The molecule has 0 aliphatic rings. The van der Waals surface area contributed by atoms with Gasteiger partial charge in [0.05, 0.1) is 0 Å². The van der Waals surface area contributed by atoms with Crippen LogP contribution in [-0.4, -0.2) is 68.0 Å². The van der Waals surface area contributed by atoms with Crippen molar-refractivity contribution < 1.29 is 28.8 Å². The Morgan fingerprint density at radius 2 is 0.377 bits per heavy atom. The van der Waals surface area contributed by atoms with Gasteiger partial charge in [0, 0.05) is 0 Å². The van der Waals surface area contributed by atoms with E-state index in [0.717, 1.165) is 0 Å². The van der Waals surface area contributed by atoms with Crippen LogP contribution in [0.3, 0.4) is 0 Å². The van der Waals surface area contributed by atoms with Crippen LogP contribution in [0.1, 0.15) is 0 Å². The van der Waals surface area contributed by atoms with E-state index in [4.69, 9.17) is 28.8 Å². The van der Waals surface area contributed by atoms with E-state index in [-0.39, 0.29) is 0 Å². The fraction of sp³-hybridized carbons (Fsp3) is 0.368. The average molecular weight is 856 g/mol. The molecular formula is C38H62O7Si8. The Morgan fingerprint density at radius 1 is 0.226 bits per heavy atom. The lowest BCUT2D eigenvalue weighted by atomic mass is 10.4. The van der Waals surface area contributed by atoms with Crippen LogP contribution in [0, 0.1) is 0 Å². The third kappa shape index (κ3) is 12.7. The Labute approximate surface area is 328 Å². The minimum atomic E-state index is -2.74. The standard InChI is InChI=1S/C38H62O7Si8/c1-46(2,40-48(5,6)42-50(9,10)44-52(13,35-27-19-15-20-28-35)36-29-21-16-22-30-36)39-47(3,4)41-49(7,8)43-51(11,12)45-53(14,37-31-23-17-24-32-37)38-33-25-18-26-34-38/h15-34H,1-14H3. The number of benzene rings is 4. The molecule has 0 radical (unpaired) electrons. The monoisotopic (exact) mass is 854 g/mol. The highest BCUT2D eigenvalue weighted by Crippen LogP contribution is 2.29. The van der Waals surface area contributed by atoms with Crippen LogP contribution in [0.15, 0.2) is 121 Å². The number of hydrogen-bond acceptors (Lipinski definition) is 7. The van der Waals surface area contributed by atoms with E-state index >= 15 is 0 Å². The smallest absolute Gasteiger partial charge is 0.314 e. The molecule has 7 nitrogen and oxygen atoms in total. The van der Waals surface area contributed by atoms with Crippen LogP contribution in [-0.2, 0) is 28.8 Å². The molecule has 0 heterocycles. The van der Waals surface area contributed by atoms with Gasteiger partial charge in [0.1, 0.15) is 0 Å². The van der Waals surface area contributed by atoms with Gasteiger partial charge in [0.15, 0.2) is 0 Å². The van der Waals surface area contributed by atoms with Crippen LogP contribution in [0.4, 0.5) is 0 Å². The summed E-state index contributed by atoms with van der Waals surface area (Å²) in [6.07, 6.45) is 0. The molecule has 0 amide bonds. The first-order chi connectivity index (χ1) is 24.4. The molecular weight excluding hydrogens is 793 g/mol. The molecule has 53 heavy (non-hydrogen) atoms. The summed E-state index contributed by atoms with van der Waals surface area (Å²) in [6, 6.07) is 42.3. The van der Waals surface area contributed by atoms with Gasteiger partial charge in [-0.25, -0.2) is 0 Å². The minimum Gasteiger partial charge on any atom is -0.429 e. The first-order valence-electron chi connectivity index (χ1n) is 18.5. The second-order valence-electron chi connectivity index (χ2n) is 16.6. The summed E-state index contributed by atoms with van der Waals surface area (Å²) >= 11 is 0. The van der Waals surface area contributed by atoms with Crippen molar-refractivity contribution in [2.24, 2.45) is 0 Å². The lowest BCUT2D eigenvalue weighted by molar-refractivity contribution is 0.265. The highest BCUT2D eigenvalue weighted by Gasteiger charge is 2.51. The maximum Gasteiger partial charge on any atom is 0.314 e. The van der Waals surface area contributed by atoms with Crippen molar-refractivity contribution in [1.29, 1.82) is 0 Å². The Hall–Kier alpha value is -1.66. The summed E-state index contributed by atoms with van der Waals surface area (Å²) in [5.74, 6) is 0. The predicted octanol–water partition coefficient (Wildman–Crippen LogP) is 8.09. The zero-order chi connectivity index (χ0) is 39.4. The first kappa shape index (κ1) is 44.1. The molecule has 0 aromatic heterocycles. The van der Waals surface area contributed by atoms with E-state index < -0.39 is 68.0 Å². The topological polar surface area (TPSA) is 64.6 Å². The minimum absolute atomic E-state index is 1.22. The van der Waals surface area contributed by atoms with Crippen molar-refractivity contribution in [3.8, 4) is 0 Å². The number of hydrogen-bond donors (Lipinski definition) is 0. The van der Waals surface area contributed by atoms with E-state index in [2.05, 4.69) is 213 Å². The second-order valence-corrected chi connectivity index (χ2v) is 45.6. The van der Waals surface area contributed by atoms with Gasteiger partial charge in [-0.3, -0.25) is 0 Å². The van der Waals surface area contributed by atoms with Crippen LogP contribution in [0.25, 0.3) is 0 Å². The summed E-state index contributed by atoms with van der Waals surface area (Å²) < 4.78 is 49.1. The highest BCUT2D eigenvalue weighted by molar-refractivity contribution is 7.02. The van der Waals surface area contributed by atoms with Gasteiger partial charge >= 0.3 is 51.4 Å². The van der Waals surface area contributed by atoms with Gasteiger partial charge in [0.25, 0.3) is 0 Å². The lowest BCUT2D eigenvalue weighted by Gasteiger charge is -2.44. The maximum absolute atomic E-state index is 7.20. The molecule has 15 heteroatoms. The molecule has 288 valence electrons. The molecule has 0 atom stereocenters. The second kappa shape index (κ2) is 16.8. The quantitative estimate of drug-likeness (QED) is 0.0939. The fourth-order valence-electron chi connectivity index (χ4n) is 7.66. The average Bonchev–Trinajstić information content (AvgIpc) is 3.03. The molecule has 0 saturated heterocycles. The van der Waals surface area contributed by atoms with Gasteiger partial charge in [0.2, 0.25) is 16.6 Å². The summed E-state index contributed by atoms with van der Waals surface area (Å²) in [6.45, 7) is 29.9. The third-order valence-corrected chi connectivity index (χ3v) is 41.3. The number of rotatable bonds is 18. The molecule has 0 aliphatic heterocycles. The van der Waals surface area contributed by atoms with Crippen molar-refractivity contribution >= 4 is 88.7 Å². The SMILES string of the molecule is C[Si](C)(O[Si](C)(C)O[Si](C)(C)O[Si](C)(C)O[Si](C)(c1ccccc1)c1ccccc1)O[Si](C)(C)O[Si](C)(C)O[Si](C)(c1ccccc1)c1ccccc1. The van der Waals surface area contributed by atoms with Gasteiger partial charge in [-0.1, -0.05) is 121 Å². The van der Waals surface area contributed by atoms with Crippen LogP contribution >= 0.6 is 0 Å². The summed E-state index contributed by atoms with van der Waals surface area (Å²) in [5, 5.41) is 4.88. The molecule has 0 aliphatic carbocycles. The van der Waals surface area contributed by atoms with Gasteiger partial charge < -0.3 is 28.8 Å². The first-order valence-corrected chi connectivity index (χ1v) is 40.2. The van der Waals surface area contributed by atoms with Crippen LogP contribution < -0.4 is 20.7 Å². The Kier molecular flexibility index (Phi) is 14.0. The van der Waals surface area contributed by atoms with E-state index in [9.17, 15) is 0 Å². The van der Waals surface area contributed by atoms with Crippen molar-refractivity contribution in [2.45, 2.75) is 91.7 Å². The Bertz CT molecular complexity index is 1540. The third-order valence-electron chi connectivity index (χ3n) is 8.66. The zero-order valence-corrected chi connectivity index (χ0v) is 42.4. The van der Waals surface area contributed by atoms with Crippen LogP contribution in [0.2, 0.25) is 91.7 Å². The maximum atomic E-state index is 7.20. The van der Waals surface area contributed by atoms with Gasteiger partial charge in [-0.05, 0) is 112 Å². The normalized spacial score (nSPS) is 14.0. The molecule has 0 spiro atoms. The Balaban J connectivity index is 1.45. The Morgan fingerprint density at radius 3 is 0.547 bits per heavy atom. The van der Waals surface area contributed by atoms with Gasteiger partial charge in [-0.15, -0.1) is 0 Å². The largest absolute Gasteiger partial charge is 0.429 e. The highest BCUT2D eigenvalue weighted by atomic mass is 28.5. The fourth-order valence-corrected chi connectivity index (χ4v) is 48.3. The molecule has 4 aromatic carbocycles. The van der Waals surface area contributed by atoms with Crippen LogP contribution in [0.5, 0.6) is 0 Å². The summed E-state index contributed by atoms with van der Waals surface area (Å²) in [7, 11) is -21.5. The van der Waals surface area contributed by atoms with Gasteiger partial charge in [-0.2, -0.15) is 0 Å². The van der Waals surface area contributed by atoms with Crippen molar-refractivity contribution in [2.75, 3.05) is 0 Å². The molecule has 0 unspecified atom stereocenters. The van der Waals surface area contributed by atoms with Crippen molar-refractivity contribution in [1.82, 2.24) is 0 Å². The molecule has 0 bridgehead atoms. The molecule has 4 aromatic rings. The lowest BCUT2D eigenvalue weighted by Crippen LogP contribution is -2.66. The zero-order valence-electron chi connectivity index (χ0n) is 34.4. The van der Waals surface area contributed by atoms with Crippen molar-refractivity contribution in [3.05, 3.63) is 121 Å². The summed E-state index contributed by atoms with van der Waals surface area (Å²) in [5.41, 5.74) is 0. The van der Waals surface area contributed by atoms with E-state index in [1.807, 2.05) is 0 Å². The molecule has 0 N–H and O–H groups in total.